The molecule has 1 aromatic heterocycles. The van der Waals surface area contributed by atoms with E-state index in [1.807, 2.05) is 0 Å². The van der Waals surface area contributed by atoms with Crippen LogP contribution in [0.5, 0.6) is 0 Å². The van der Waals surface area contributed by atoms with Crippen LogP contribution in [0.15, 0.2) is 0 Å². The summed E-state index contributed by atoms with van der Waals surface area (Å²) in [6.45, 7) is 3.58. The van der Waals surface area contributed by atoms with Crippen molar-refractivity contribution >= 4 is 11.9 Å². The first-order valence-corrected chi connectivity index (χ1v) is 5.06. The van der Waals surface area contributed by atoms with Crippen LogP contribution in [-0.2, 0) is 11.2 Å². The molecule has 0 aromatic carbocycles. The highest BCUT2D eigenvalue weighted by atomic mass is 16.5. The van der Waals surface area contributed by atoms with Crippen molar-refractivity contribution in [2.75, 3.05) is 24.7 Å². The monoisotopic (exact) mass is 211 g/mol. The maximum atomic E-state index is 5.44. The van der Waals surface area contributed by atoms with E-state index in [0.29, 0.717) is 18.9 Å². The molecule has 0 fully saturated rings. The van der Waals surface area contributed by atoms with E-state index in [2.05, 4.69) is 21.9 Å². The van der Waals surface area contributed by atoms with Crippen molar-refractivity contribution in [2.45, 2.75) is 26.2 Å². The van der Waals surface area contributed by atoms with Crippen molar-refractivity contribution in [1.82, 2.24) is 15.0 Å². The fraction of sp³-hybridized carbons (Fsp3) is 0.667. The minimum absolute atomic E-state index is 0.173. The number of ether oxygens (including phenoxy) is 1. The van der Waals surface area contributed by atoms with Crippen molar-refractivity contribution in [3.8, 4) is 0 Å². The quantitative estimate of drug-likeness (QED) is 0.660. The lowest BCUT2D eigenvalue weighted by Gasteiger charge is -2.03. The molecule has 0 atom stereocenters. The first-order chi connectivity index (χ1) is 7.22. The summed E-state index contributed by atoms with van der Waals surface area (Å²) in [5.74, 6) is 0.971. The fourth-order valence-electron chi connectivity index (χ4n) is 1.15. The maximum Gasteiger partial charge on any atom is 0.225 e. The van der Waals surface area contributed by atoms with Gasteiger partial charge in [0.1, 0.15) is 5.82 Å². The largest absolute Gasteiger partial charge is 0.381 e. The normalized spacial score (nSPS) is 10.5. The van der Waals surface area contributed by atoms with Crippen LogP contribution in [0.25, 0.3) is 0 Å². The van der Waals surface area contributed by atoms with Gasteiger partial charge in [-0.25, -0.2) is 0 Å². The van der Waals surface area contributed by atoms with E-state index in [4.69, 9.17) is 16.2 Å². The van der Waals surface area contributed by atoms with Gasteiger partial charge in [-0.1, -0.05) is 6.92 Å². The van der Waals surface area contributed by atoms with Crippen molar-refractivity contribution in [2.24, 2.45) is 0 Å². The van der Waals surface area contributed by atoms with Crippen LogP contribution in [-0.4, -0.2) is 28.2 Å². The van der Waals surface area contributed by atoms with E-state index in [-0.39, 0.29) is 11.9 Å². The maximum absolute atomic E-state index is 5.44. The molecule has 4 N–H and O–H groups in total. The predicted octanol–water partition coefficient (Wildman–Crippen LogP) is 0.395. The molecular formula is C9H17N5O. The van der Waals surface area contributed by atoms with Gasteiger partial charge in [0.2, 0.25) is 11.9 Å². The summed E-state index contributed by atoms with van der Waals surface area (Å²) >= 11 is 0. The molecule has 0 aliphatic carbocycles. The molecule has 0 saturated heterocycles. The number of nitrogens with zero attached hydrogens (tertiary/aromatic N) is 3. The summed E-state index contributed by atoms with van der Waals surface area (Å²) in [5.41, 5.74) is 10.9. The van der Waals surface area contributed by atoms with Gasteiger partial charge in [-0.15, -0.1) is 0 Å². The van der Waals surface area contributed by atoms with Crippen LogP contribution in [0.2, 0.25) is 0 Å². The van der Waals surface area contributed by atoms with E-state index >= 15 is 0 Å². The fourth-order valence-corrected chi connectivity index (χ4v) is 1.15. The summed E-state index contributed by atoms with van der Waals surface area (Å²) < 4.78 is 5.33. The first-order valence-electron chi connectivity index (χ1n) is 5.06. The van der Waals surface area contributed by atoms with Crippen LogP contribution in [0.3, 0.4) is 0 Å². The Hall–Kier alpha value is -1.43. The highest BCUT2D eigenvalue weighted by Gasteiger charge is 2.01. The zero-order valence-corrected chi connectivity index (χ0v) is 8.94. The summed E-state index contributed by atoms with van der Waals surface area (Å²) in [7, 11) is 0. The van der Waals surface area contributed by atoms with Gasteiger partial charge in [0.05, 0.1) is 0 Å². The first kappa shape index (κ1) is 11.6. The van der Waals surface area contributed by atoms with Crippen molar-refractivity contribution < 1.29 is 4.74 Å². The van der Waals surface area contributed by atoms with E-state index in [1.54, 1.807) is 0 Å². The number of aryl methyl sites for hydroxylation is 1. The molecule has 0 bridgehead atoms. The van der Waals surface area contributed by atoms with Gasteiger partial charge in [-0.2, -0.15) is 15.0 Å². The summed E-state index contributed by atoms with van der Waals surface area (Å²) in [4.78, 5) is 11.6. The SMILES string of the molecule is CCCOCCCc1nc(N)nc(N)n1. The number of anilines is 2. The molecule has 0 saturated carbocycles. The molecule has 15 heavy (non-hydrogen) atoms. The average molecular weight is 211 g/mol. The average Bonchev–Trinajstić information content (AvgIpc) is 2.16. The molecule has 0 radical (unpaired) electrons. The molecule has 0 aliphatic heterocycles. The Morgan fingerprint density at radius 3 is 2.33 bits per heavy atom. The second-order valence-corrected chi connectivity index (χ2v) is 3.18. The smallest absolute Gasteiger partial charge is 0.225 e. The van der Waals surface area contributed by atoms with Crippen LogP contribution in [0, 0.1) is 0 Å². The Morgan fingerprint density at radius 1 is 1.07 bits per heavy atom. The minimum Gasteiger partial charge on any atom is -0.381 e. The molecule has 1 rings (SSSR count). The standard InChI is InChI=1S/C9H17N5O/c1-2-5-15-6-3-4-7-12-8(10)14-9(11)13-7/h2-6H2,1H3,(H4,10,11,12,13,14). The predicted molar refractivity (Wildman–Crippen MR) is 58.1 cm³/mol. The molecule has 1 heterocycles. The lowest BCUT2D eigenvalue weighted by Crippen LogP contribution is -2.08. The van der Waals surface area contributed by atoms with E-state index < -0.39 is 0 Å². The van der Waals surface area contributed by atoms with Crippen molar-refractivity contribution in [1.29, 1.82) is 0 Å². The second kappa shape index (κ2) is 6.13. The Labute approximate surface area is 89.1 Å². The van der Waals surface area contributed by atoms with Gasteiger partial charge in [-0.3, -0.25) is 0 Å². The minimum atomic E-state index is 0.173. The Balaban J connectivity index is 2.31. The number of hydrogen-bond donors (Lipinski definition) is 2. The molecule has 0 aliphatic rings. The molecule has 6 nitrogen and oxygen atoms in total. The van der Waals surface area contributed by atoms with E-state index in [0.717, 1.165) is 19.4 Å². The van der Waals surface area contributed by atoms with Crippen LogP contribution < -0.4 is 11.5 Å². The lowest BCUT2D eigenvalue weighted by molar-refractivity contribution is 0.132. The van der Waals surface area contributed by atoms with Gasteiger partial charge in [0, 0.05) is 19.6 Å². The Bertz CT molecular complexity index is 284. The van der Waals surface area contributed by atoms with Crippen molar-refractivity contribution in [3.63, 3.8) is 0 Å². The number of rotatable bonds is 6. The van der Waals surface area contributed by atoms with Crippen LogP contribution >= 0.6 is 0 Å². The molecule has 0 amide bonds. The number of aromatic nitrogens is 3. The van der Waals surface area contributed by atoms with E-state index in [9.17, 15) is 0 Å². The zero-order valence-electron chi connectivity index (χ0n) is 8.94. The Morgan fingerprint density at radius 2 is 1.73 bits per heavy atom. The van der Waals surface area contributed by atoms with Gasteiger partial charge < -0.3 is 16.2 Å². The zero-order chi connectivity index (χ0) is 11.1. The van der Waals surface area contributed by atoms with Gasteiger partial charge in [0.25, 0.3) is 0 Å². The molecule has 6 heteroatoms. The second-order valence-electron chi connectivity index (χ2n) is 3.18. The van der Waals surface area contributed by atoms with Gasteiger partial charge in [0.15, 0.2) is 0 Å². The highest BCUT2D eigenvalue weighted by molar-refractivity contribution is 5.25. The summed E-state index contributed by atoms with van der Waals surface area (Å²) in [6.07, 6.45) is 2.61. The van der Waals surface area contributed by atoms with Gasteiger partial charge in [-0.05, 0) is 12.8 Å². The molecular weight excluding hydrogens is 194 g/mol. The third-order valence-electron chi connectivity index (χ3n) is 1.75. The van der Waals surface area contributed by atoms with Crippen molar-refractivity contribution in [3.05, 3.63) is 5.82 Å². The molecule has 1 aromatic rings. The van der Waals surface area contributed by atoms with Gasteiger partial charge >= 0.3 is 0 Å². The summed E-state index contributed by atoms with van der Waals surface area (Å²) in [5, 5.41) is 0. The summed E-state index contributed by atoms with van der Waals surface area (Å²) in [6, 6.07) is 0. The third-order valence-corrected chi connectivity index (χ3v) is 1.75. The lowest BCUT2D eigenvalue weighted by atomic mass is 10.3. The Kier molecular flexibility index (Phi) is 4.76. The van der Waals surface area contributed by atoms with Crippen LogP contribution in [0.4, 0.5) is 11.9 Å². The third kappa shape index (κ3) is 4.55. The highest BCUT2D eigenvalue weighted by Crippen LogP contribution is 2.01. The molecule has 84 valence electrons. The number of nitrogen functional groups attached to an aromatic ring is 2. The molecule has 0 spiro atoms. The van der Waals surface area contributed by atoms with E-state index in [1.165, 1.54) is 0 Å². The molecule has 0 unspecified atom stereocenters. The number of nitrogens with two attached hydrogens (primary N) is 2. The van der Waals surface area contributed by atoms with Crippen LogP contribution in [0.1, 0.15) is 25.6 Å². The number of hydrogen-bond acceptors (Lipinski definition) is 6. The topological polar surface area (TPSA) is 99.9 Å².